The molecule has 0 amide bonds. The van der Waals surface area contributed by atoms with Crippen molar-refractivity contribution in [2.75, 3.05) is 13.1 Å². The minimum absolute atomic E-state index is 0.843. The van der Waals surface area contributed by atoms with Crippen molar-refractivity contribution in [1.29, 1.82) is 0 Å². The smallest absolute Gasteiger partial charge is 0.00152 e. The molecule has 2 rings (SSSR count). The van der Waals surface area contributed by atoms with Gasteiger partial charge in [-0.1, -0.05) is 20.8 Å². The minimum atomic E-state index is 0.843. The van der Waals surface area contributed by atoms with Crippen LogP contribution in [0, 0.1) is 29.6 Å². The summed E-state index contributed by atoms with van der Waals surface area (Å²) in [7, 11) is 0. The maximum atomic E-state index is 3.67. The zero-order valence-electron chi connectivity index (χ0n) is 10.6. The van der Waals surface area contributed by atoms with Crippen LogP contribution in [0.25, 0.3) is 0 Å². The van der Waals surface area contributed by atoms with Crippen LogP contribution in [0.4, 0.5) is 0 Å². The number of hydrogen-bond donors (Lipinski definition) is 1. The lowest BCUT2D eigenvalue weighted by atomic mass is 9.80. The topological polar surface area (TPSA) is 12.0 Å². The predicted molar refractivity (Wildman–Crippen MR) is 65.8 cm³/mol. The Morgan fingerprint density at radius 3 is 2.53 bits per heavy atom. The molecule has 2 saturated carbocycles. The highest BCUT2D eigenvalue weighted by atomic mass is 14.9. The summed E-state index contributed by atoms with van der Waals surface area (Å²) in [6.07, 6.45) is 5.91. The summed E-state index contributed by atoms with van der Waals surface area (Å²) in [4.78, 5) is 0. The second-order valence-electron chi connectivity index (χ2n) is 6.24. The van der Waals surface area contributed by atoms with Crippen molar-refractivity contribution < 1.29 is 0 Å². The SMILES string of the molecule is CC(C)CCNCC1C2CCC(C2)C1C. The summed E-state index contributed by atoms with van der Waals surface area (Å²) < 4.78 is 0. The van der Waals surface area contributed by atoms with Crippen molar-refractivity contribution in [1.82, 2.24) is 5.32 Å². The summed E-state index contributed by atoms with van der Waals surface area (Å²) in [5.74, 6) is 4.98. The van der Waals surface area contributed by atoms with E-state index in [1.807, 2.05) is 0 Å². The van der Waals surface area contributed by atoms with Crippen molar-refractivity contribution in [3.63, 3.8) is 0 Å². The lowest BCUT2D eigenvalue weighted by Gasteiger charge is -2.28. The Labute approximate surface area is 95.0 Å². The van der Waals surface area contributed by atoms with E-state index in [0.717, 1.165) is 29.6 Å². The van der Waals surface area contributed by atoms with Crippen molar-refractivity contribution in [2.24, 2.45) is 29.6 Å². The van der Waals surface area contributed by atoms with Gasteiger partial charge in [0.05, 0.1) is 0 Å². The lowest BCUT2D eigenvalue weighted by Crippen LogP contribution is -2.32. The van der Waals surface area contributed by atoms with Gasteiger partial charge in [0.1, 0.15) is 0 Å². The molecule has 0 spiro atoms. The second-order valence-corrected chi connectivity index (χ2v) is 6.24. The van der Waals surface area contributed by atoms with Crippen LogP contribution in [-0.4, -0.2) is 13.1 Å². The fourth-order valence-corrected chi connectivity index (χ4v) is 3.71. The molecule has 2 aliphatic rings. The Bertz CT molecular complexity index is 198. The van der Waals surface area contributed by atoms with Crippen LogP contribution in [-0.2, 0) is 0 Å². The maximum absolute atomic E-state index is 3.67. The second kappa shape index (κ2) is 4.86. The molecule has 15 heavy (non-hydrogen) atoms. The van der Waals surface area contributed by atoms with Gasteiger partial charge < -0.3 is 5.32 Å². The fourth-order valence-electron chi connectivity index (χ4n) is 3.71. The van der Waals surface area contributed by atoms with Crippen LogP contribution < -0.4 is 5.32 Å². The van der Waals surface area contributed by atoms with E-state index >= 15 is 0 Å². The van der Waals surface area contributed by atoms with Crippen molar-refractivity contribution in [3.05, 3.63) is 0 Å². The average molecular weight is 209 g/mol. The molecule has 0 aromatic carbocycles. The standard InChI is InChI=1S/C14H27N/c1-10(2)6-7-15-9-14-11(3)12-4-5-13(14)8-12/h10-15H,4-9H2,1-3H3. The molecule has 0 radical (unpaired) electrons. The van der Waals surface area contributed by atoms with E-state index in [1.54, 1.807) is 0 Å². The van der Waals surface area contributed by atoms with Gasteiger partial charge in [0.25, 0.3) is 0 Å². The molecule has 1 nitrogen and oxygen atoms in total. The summed E-state index contributed by atoms with van der Waals surface area (Å²) >= 11 is 0. The molecule has 0 saturated heterocycles. The third-order valence-corrected chi connectivity index (χ3v) is 4.82. The van der Waals surface area contributed by atoms with E-state index in [-0.39, 0.29) is 0 Å². The van der Waals surface area contributed by atoms with Crippen LogP contribution in [0.1, 0.15) is 46.5 Å². The zero-order chi connectivity index (χ0) is 10.8. The van der Waals surface area contributed by atoms with Gasteiger partial charge in [-0.05, 0) is 68.4 Å². The molecule has 1 N–H and O–H groups in total. The molecule has 2 bridgehead atoms. The van der Waals surface area contributed by atoms with Gasteiger partial charge in [0.15, 0.2) is 0 Å². The molecular weight excluding hydrogens is 182 g/mol. The molecule has 4 atom stereocenters. The first-order valence-electron chi connectivity index (χ1n) is 6.89. The molecular formula is C14H27N. The van der Waals surface area contributed by atoms with Gasteiger partial charge >= 0.3 is 0 Å². The number of hydrogen-bond acceptors (Lipinski definition) is 1. The molecule has 0 aromatic heterocycles. The molecule has 2 aliphatic carbocycles. The van der Waals surface area contributed by atoms with E-state index in [0.29, 0.717) is 0 Å². The van der Waals surface area contributed by atoms with Crippen LogP contribution in [0.15, 0.2) is 0 Å². The highest BCUT2D eigenvalue weighted by molar-refractivity contribution is 4.95. The zero-order valence-corrected chi connectivity index (χ0v) is 10.6. The number of rotatable bonds is 5. The van der Waals surface area contributed by atoms with Gasteiger partial charge in [-0.2, -0.15) is 0 Å². The van der Waals surface area contributed by atoms with Crippen LogP contribution in [0.5, 0.6) is 0 Å². The van der Waals surface area contributed by atoms with Gasteiger partial charge in [-0.3, -0.25) is 0 Å². The van der Waals surface area contributed by atoms with E-state index in [2.05, 4.69) is 26.1 Å². The molecule has 1 heteroatoms. The predicted octanol–water partition coefficient (Wildman–Crippen LogP) is 3.30. The summed E-state index contributed by atoms with van der Waals surface area (Å²) in [5.41, 5.74) is 0. The van der Waals surface area contributed by atoms with Crippen molar-refractivity contribution in [3.8, 4) is 0 Å². The maximum Gasteiger partial charge on any atom is -0.00152 e. The largest absolute Gasteiger partial charge is 0.316 e. The first kappa shape index (κ1) is 11.4. The fraction of sp³-hybridized carbons (Fsp3) is 1.00. The van der Waals surface area contributed by atoms with E-state index in [4.69, 9.17) is 0 Å². The Kier molecular flexibility index (Phi) is 3.71. The number of fused-ring (bicyclic) bond motifs is 2. The third kappa shape index (κ3) is 2.55. The quantitative estimate of drug-likeness (QED) is 0.685. The van der Waals surface area contributed by atoms with E-state index in [9.17, 15) is 0 Å². The Hall–Kier alpha value is -0.0400. The van der Waals surface area contributed by atoms with Gasteiger partial charge in [-0.15, -0.1) is 0 Å². The molecule has 2 fully saturated rings. The van der Waals surface area contributed by atoms with Crippen LogP contribution in [0.3, 0.4) is 0 Å². The summed E-state index contributed by atoms with van der Waals surface area (Å²) in [6, 6.07) is 0. The first-order valence-corrected chi connectivity index (χ1v) is 6.89. The Balaban J connectivity index is 1.67. The van der Waals surface area contributed by atoms with E-state index in [1.165, 1.54) is 38.8 Å². The van der Waals surface area contributed by atoms with Crippen molar-refractivity contribution in [2.45, 2.75) is 46.5 Å². The monoisotopic (exact) mass is 209 g/mol. The normalized spacial score (nSPS) is 39.2. The Morgan fingerprint density at radius 2 is 1.93 bits per heavy atom. The Morgan fingerprint density at radius 1 is 1.20 bits per heavy atom. The first-order chi connectivity index (χ1) is 7.18. The molecule has 0 heterocycles. The highest BCUT2D eigenvalue weighted by Crippen LogP contribution is 2.51. The third-order valence-electron chi connectivity index (χ3n) is 4.82. The van der Waals surface area contributed by atoms with E-state index < -0.39 is 0 Å². The van der Waals surface area contributed by atoms with Gasteiger partial charge in [0, 0.05) is 0 Å². The van der Waals surface area contributed by atoms with Gasteiger partial charge in [-0.25, -0.2) is 0 Å². The lowest BCUT2D eigenvalue weighted by molar-refractivity contribution is 0.231. The van der Waals surface area contributed by atoms with Crippen molar-refractivity contribution >= 4 is 0 Å². The van der Waals surface area contributed by atoms with Crippen LogP contribution >= 0.6 is 0 Å². The van der Waals surface area contributed by atoms with Crippen LogP contribution in [0.2, 0.25) is 0 Å². The molecule has 88 valence electrons. The average Bonchev–Trinajstić information content (AvgIpc) is 2.74. The molecule has 0 aliphatic heterocycles. The minimum Gasteiger partial charge on any atom is -0.316 e. The summed E-state index contributed by atoms with van der Waals surface area (Å²) in [5, 5.41) is 3.67. The number of nitrogens with one attached hydrogen (secondary N) is 1. The summed E-state index contributed by atoms with van der Waals surface area (Å²) in [6.45, 7) is 9.61. The highest BCUT2D eigenvalue weighted by Gasteiger charge is 2.44. The molecule has 4 unspecified atom stereocenters. The molecule has 0 aromatic rings. The van der Waals surface area contributed by atoms with Gasteiger partial charge in [0.2, 0.25) is 0 Å².